The van der Waals surface area contributed by atoms with Gasteiger partial charge in [0.1, 0.15) is 0 Å². The first-order chi connectivity index (χ1) is 6.25. The molecule has 0 amide bonds. The lowest BCUT2D eigenvalue weighted by Crippen LogP contribution is -2.19. The lowest BCUT2D eigenvalue weighted by atomic mass is 10.0. The number of hydrogen-bond donors (Lipinski definition) is 1. The van der Waals surface area contributed by atoms with Crippen LogP contribution in [-0.2, 0) is 0 Å². The first kappa shape index (κ1) is 9.90. The van der Waals surface area contributed by atoms with Crippen molar-refractivity contribution in [2.75, 3.05) is 7.05 Å². The third-order valence-corrected chi connectivity index (χ3v) is 2.35. The second-order valence-electron chi connectivity index (χ2n) is 3.37. The fourth-order valence-corrected chi connectivity index (χ4v) is 1.60. The van der Waals surface area contributed by atoms with Gasteiger partial charge in [0.2, 0.25) is 0 Å². The van der Waals surface area contributed by atoms with E-state index in [0.717, 1.165) is 18.5 Å². The molecule has 0 fully saturated rings. The van der Waals surface area contributed by atoms with Crippen LogP contribution in [0.25, 0.3) is 0 Å². The standard InChI is InChI=1S/C11H18N2/c1-3-4-9-13(2)11-8-6-5-7-10(11)12/h3-4,9H,1,5-8,12H2,2H3/b9-4-. The van der Waals surface area contributed by atoms with Gasteiger partial charge < -0.3 is 10.6 Å². The maximum Gasteiger partial charge on any atom is 0.0360 e. The molecule has 0 spiro atoms. The van der Waals surface area contributed by atoms with Gasteiger partial charge in [-0.1, -0.05) is 12.7 Å². The quantitative estimate of drug-likeness (QED) is 0.672. The Labute approximate surface area is 80.4 Å². The predicted octanol–water partition coefficient (Wildman–Crippen LogP) is 2.36. The Hall–Kier alpha value is -1.18. The molecular formula is C11H18N2. The van der Waals surface area contributed by atoms with E-state index in [1.807, 2.05) is 19.3 Å². The van der Waals surface area contributed by atoms with Gasteiger partial charge in [-0.15, -0.1) is 0 Å². The van der Waals surface area contributed by atoms with Crippen LogP contribution < -0.4 is 5.73 Å². The van der Waals surface area contributed by atoms with Crippen LogP contribution in [0.4, 0.5) is 0 Å². The molecule has 1 rings (SSSR count). The second-order valence-corrected chi connectivity index (χ2v) is 3.37. The predicted molar refractivity (Wildman–Crippen MR) is 56.8 cm³/mol. The largest absolute Gasteiger partial charge is 0.401 e. The number of nitrogens with two attached hydrogens (primary N) is 1. The zero-order valence-corrected chi connectivity index (χ0v) is 8.29. The monoisotopic (exact) mass is 178 g/mol. The summed E-state index contributed by atoms with van der Waals surface area (Å²) in [6, 6.07) is 0. The first-order valence-electron chi connectivity index (χ1n) is 4.75. The third-order valence-electron chi connectivity index (χ3n) is 2.35. The smallest absolute Gasteiger partial charge is 0.0360 e. The summed E-state index contributed by atoms with van der Waals surface area (Å²) in [6.07, 6.45) is 10.3. The van der Waals surface area contributed by atoms with Crippen LogP contribution in [0.3, 0.4) is 0 Å². The topological polar surface area (TPSA) is 29.3 Å². The van der Waals surface area contributed by atoms with E-state index in [2.05, 4.69) is 11.5 Å². The molecule has 0 aliphatic heterocycles. The normalized spacial score (nSPS) is 17.9. The highest BCUT2D eigenvalue weighted by Gasteiger charge is 2.11. The zero-order chi connectivity index (χ0) is 9.68. The van der Waals surface area contributed by atoms with Gasteiger partial charge in [0.15, 0.2) is 0 Å². The fraction of sp³-hybridized carbons (Fsp3) is 0.455. The lowest BCUT2D eigenvalue weighted by Gasteiger charge is -2.24. The molecule has 1 aliphatic rings. The minimum Gasteiger partial charge on any atom is -0.401 e. The van der Waals surface area contributed by atoms with Crippen LogP contribution in [0.1, 0.15) is 25.7 Å². The maximum atomic E-state index is 5.93. The molecule has 0 heterocycles. The Balaban J connectivity index is 2.68. The van der Waals surface area contributed by atoms with Gasteiger partial charge in [0, 0.05) is 24.6 Å². The van der Waals surface area contributed by atoms with Gasteiger partial charge >= 0.3 is 0 Å². The molecule has 2 N–H and O–H groups in total. The number of hydrogen-bond acceptors (Lipinski definition) is 2. The maximum absolute atomic E-state index is 5.93. The van der Waals surface area contributed by atoms with Crippen molar-refractivity contribution in [2.45, 2.75) is 25.7 Å². The highest BCUT2D eigenvalue weighted by atomic mass is 15.1. The van der Waals surface area contributed by atoms with Gasteiger partial charge in [0.25, 0.3) is 0 Å². The molecule has 0 saturated carbocycles. The Morgan fingerprint density at radius 2 is 2.08 bits per heavy atom. The first-order valence-corrected chi connectivity index (χ1v) is 4.75. The molecule has 2 heteroatoms. The Bertz CT molecular complexity index is 238. The molecule has 0 saturated heterocycles. The molecule has 0 aromatic rings. The summed E-state index contributed by atoms with van der Waals surface area (Å²) in [7, 11) is 2.04. The van der Waals surface area contributed by atoms with Crippen molar-refractivity contribution < 1.29 is 0 Å². The summed E-state index contributed by atoms with van der Waals surface area (Å²) in [5.41, 5.74) is 8.24. The molecule has 72 valence electrons. The molecule has 0 bridgehead atoms. The Kier molecular flexibility index (Phi) is 3.62. The zero-order valence-electron chi connectivity index (χ0n) is 8.29. The number of allylic oxidation sites excluding steroid dienone is 4. The van der Waals surface area contributed by atoms with Crippen molar-refractivity contribution in [3.05, 3.63) is 36.3 Å². The second kappa shape index (κ2) is 4.75. The van der Waals surface area contributed by atoms with Crippen molar-refractivity contribution >= 4 is 0 Å². The van der Waals surface area contributed by atoms with Crippen LogP contribution in [0.2, 0.25) is 0 Å². The van der Waals surface area contributed by atoms with Crippen molar-refractivity contribution in [2.24, 2.45) is 5.73 Å². The highest BCUT2D eigenvalue weighted by molar-refractivity contribution is 5.15. The van der Waals surface area contributed by atoms with E-state index in [-0.39, 0.29) is 0 Å². The van der Waals surface area contributed by atoms with Gasteiger partial charge in [-0.05, 0) is 31.8 Å². The van der Waals surface area contributed by atoms with E-state index < -0.39 is 0 Å². The van der Waals surface area contributed by atoms with Crippen molar-refractivity contribution in [3.63, 3.8) is 0 Å². The highest BCUT2D eigenvalue weighted by Crippen LogP contribution is 2.23. The molecule has 1 aliphatic carbocycles. The molecule has 13 heavy (non-hydrogen) atoms. The van der Waals surface area contributed by atoms with E-state index in [4.69, 9.17) is 5.73 Å². The van der Waals surface area contributed by atoms with Gasteiger partial charge in [-0.3, -0.25) is 0 Å². The molecule has 0 aromatic carbocycles. The molecule has 0 unspecified atom stereocenters. The van der Waals surface area contributed by atoms with E-state index in [1.54, 1.807) is 6.08 Å². The number of nitrogens with zero attached hydrogens (tertiary/aromatic N) is 1. The van der Waals surface area contributed by atoms with Crippen molar-refractivity contribution in [3.8, 4) is 0 Å². The van der Waals surface area contributed by atoms with E-state index in [0.29, 0.717) is 0 Å². The van der Waals surface area contributed by atoms with E-state index >= 15 is 0 Å². The average Bonchev–Trinajstić information content (AvgIpc) is 2.15. The summed E-state index contributed by atoms with van der Waals surface area (Å²) in [5.74, 6) is 0. The van der Waals surface area contributed by atoms with Crippen LogP contribution in [0.5, 0.6) is 0 Å². The minimum absolute atomic E-state index is 1.04. The Morgan fingerprint density at radius 1 is 1.38 bits per heavy atom. The summed E-state index contributed by atoms with van der Waals surface area (Å²) < 4.78 is 0. The van der Waals surface area contributed by atoms with Crippen LogP contribution >= 0.6 is 0 Å². The van der Waals surface area contributed by atoms with Crippen LogP contribution in [-0.4, -0.2) is 11.9 Å². The van der Waals surface area contributed by atoms with E-state index in [9.17, 15) is 0 Å². The SMILES string of the molecule is C=C/C=C\N(C)C1=C(N)CCCC1. The van der Waals surface area contributed by atoms with Crippen LogP contribution in [0, 0.1) is 0 Å². The molecule has 0 radical (unpaired) electrons. The van der Waals surface area contributed by atoms with Gasteiger partial charge in [-0.2, -0.15) is 0 Å². The lowest BCUT2D eigenvalue weighted by molar-refractivity contribution is 0.485. The molecule has 2 nitrogen and oxygen atoms in total. The summed E-state index contributed by atoms with van der Waals surface area (Å²) in [5, 5.41) is 0. The average molecular weight is 178 g/mol. The van der Waals surface area contributed by atoms with E-state index in [1.165, 1.54) is 18.5 Å². The summed E-state index contributed by atoms with van der Waals surface area (Å²) >= 11 is 0. The van der Waals surface area contributed by atoms with Crippen molar-refractivity contribution in [1.82, 2.24) is 4.90 Å². The minimum atomic E-state index is 1.04. The summed E-state index contributed by atoms with van der Waals surface area (Å²) in [6.45, 7) is 3.64. The fourth-order valence-electron chi connectivity index (χ4n) is 1.60. The number of rotatable bonds is 3. The third kappa shape index (κ3) is 2.65. The molecular weight excluding hydrogens is 160 g/mol. The van der Waals surface area contributed by atoms with Crippen molar-refractivity contribution in [1.29, 1.82) is 0 Å². The van der Waals surface area contributed by atoms with Crippen LogP contribution in [0.15, 0.2) is 36.3 Å². The summed E-state index contributed by atoms with van der Waals surface area (Å²) in [4.78, 5) is 2.09. The van der Waals surface area contributed by atoms with Gasteiger partial charge in [0.05, 0.1) is 0 Å². The molecule has 0 aromatic heterocycles. The Morgan fingerprint density at radius 3 is 2.69 bits per heavy atom. The molecule has 0 atom stereocenters. The van der Waals surface area contributed by atoms with Gasteiger partial charge in [-0.25, -0.2) is 0 Å².